The Hall–Kier alpha value is -1.95. The number of carbonyl (C=O) groups is 1. The minimum absolute atomic E-state index is 0.123. The number of Topliss-reactive ketones (excluding diaryl/α,β-unsaturated/α-hetero) is 1. The Morgan fingerprint density at radius 3 is 2.46 bits per heavy atom. The van der Waals surface area contributed by atoms with Gasteiger partial charge in [-0.25, -0.2) is 8.42 Å². The standard InChI is InChI=1S/C18H16ClNO3S/c1-3-14-15-9-6-12(19)10-16(15)18(21)17(14)20-24(22,23)13-7-4-11(2)5-8-13/h3-10,14,17,20H,1H2,2H3/t14-,17+/m1/s1. The SMILES string of the molecule is C=C[C@@H]1c2ccc(Cl)cc2C(=O)[C@H]1NS(=O)(=O)c1ccc(C)cc1. The molecule has 0 saturated heterocycles. The second-order valence-electron chi connectivity index (χ2n) is 5.77. The van der Waals surface area contributed by atoms with Gasteiger partial charge in [-0.15, -0.1) is 6.58 Å². The van der Waals surface area contributed by atoms with Crippen molar-refractivity contribution < 1.29 is 13.2 Å². The summed E-state index contributed by atoms with van der Waals surface area (Å²) in [5, 5.41) is 0.437. The van der Waals surface area contributed by atoms with Gasteiger partial charge in [-0.1, -0.05) is 41.4 Å². The fourth-order valence-corrected chi connectivity index (χ4v) is 4.28. The minimum atomic E-state index is -3.82. The van der Waals surface area contributed by atoms with E-state index in [1.807, 2.05) is 6.92 Å². The van der Waals surface area contributed by atoms with Gasteiger partial charge in [0.05, 0.1) is 10.9 Å². The van der Waals surface area contributed by atoms with Gasteiger partial charge in [0.2, 0.25) is 10.0 Å². The molecule has 2 aromatic rings. The maximum atomic E-state index is 12.6. The van der Waals surface area contributed by atoms with Crippen molar-refractivity contribution in [3.05, 3.63) is 76.8 Å². The number of carbonyl (C=O) groups excluding carboxylic acids is 1. The number of nitrogens with one attached hydrogen (secondary N) is 1. The smallest absolute Gasteiger partial charge is 0.241 e. The number of hydrogen-bond acceptors (Lipinski definition) is 3. The Bertz CT molecular complexity index is 920. The molecule has 1 N–H and O–H groups in total. The third-order valence-corrected chi connectivity index (χ3v) is 5.84. The van der Waals surface area contributed by atoms with E-state index in [9.17, 15) is 13.2 Å². The number of fused-ring (bicyclic) bond motifs is 1. The van der Waals surface area contributed by atoms with E-state index >= 15 is 0 Å². The van der Waals surface area contributed by atoms with Gasteiger partial charge in [-0.2, -0.15) is 4.72 Å². The molecule has 0 aliphatic heterocycles. The Balaban J connectivity index is 1.96. The van der Waals surface area contributed by atoms with E-state index in [1.54, 1.807) is 36.4 Å². The van der Waals surface area contributed by atoms with Gasteiger partial charge in [-0.3, -0.25) is 4.79 Å². The van der Waals surface area contributed by atoms with Crippen LogP contribution in [0, 0.1) is 6.92 Å². The fraction of sp³-hybridized carbons (Fsp3) is 0.167. The highest BCUT2D eigenvalue weighted by Gasteiger charge is 2.40. The average molecular weight is 362 g/mol. The number of hydrogen-bond donors (Lipinski definition) is 1. The molecule has 2 atom stereocenters. The first-order valence-corrected chi connectivity index (χ1v) is 9.25. The predicted octanol–water partition coefficient (Wildman–Crippen LogP) is 3.46. The average Bonchev–Trinajstić information content (AvgIpc) is 2.79. The molecule has 0 radical (unpaired) electrons. The molecule has 0 unspecified atom stereocenters. The number of halogens is 1. The summed E-state index contributed by atoms with van der Waals surface area (Å²) < 4.78 is 27.7. The Kier molecular flexibility index (Phi) is 4.34. The molecule has 24 heavy (non-hydrogen) atoms. The molecule has 2 aromatic carbocycles. The van der Waals surface area contributed by atoms with Crippen molar-refractivity contribution >= 4 is 27.4 Å². The molecule has 0 amide bonds. The lowest BCUT2D eigenvalue weighted by Crippen LogP contribution is -2.40. The van der Waals surface area contributed by atoms with Gasteiger partial charge < -0.3 is 0 Å². The largest absolute Gasteiger partial charge is 0.292 e. The molecule has 0 aromatic heterocycles. The first kappa shape index (κ1) is 16.9. The zero-order chi connectivity index (χ0) is 17.5. The monoisotopic (exact) mass is 361 g/mol. The molecule has 0 spiro atoms. The number of sulfonamides is 1. The normalized spacial score (nSPS) is 20.0. The lowest BCUT2D eigenvalue weighted by Gasteiger charge is -2.17. The van der Waals surface area contributed by atoms with Crippen LogP contribution in [-0.4, -0.2) is 20.2 Å². The number of rotatable bonds is 4. The molecular formula is C18H16ClNO3S. The number of ketones is 1. The predicted molar refractivity (Wildman–Crippen MR) is 94.0 cm³/mol. The van der Waals surface area contributed by atoms with Gasteiger partial charge in [0.25, 0.3) is 0 Å². The van der Waals surface area contributed by atoms with Crippen molar-refractivity contribution in [3.8, 4) is 0 Å². The van der Waals surface area contributed by atoms with Gasteiger partial charge in [0.15, 0.2) is 5.78 Å². The molecular weight excluding hydrogens is 346 g/mol. The van der Waals surface area contributed by atoms with Crippen LogP contribution in [0.15, 0.2) is 60.0 Å². The van der Waals surface area contributed by atoms with Crippen LogP contribution in [0.4, 0.5) is 0 Å². The summed E-state index contributed by atoms with van der Waals surface area (Å²) in [5.74, 6) is -0.724. The molecule has 1 aliphatic rings. The highest BCUT2D eigenvalue weighted by Crippen LogP contribution is 2.36. The zero-order valence-corrected chi connectivity index (χ0v) is 14.6. The van der Waals surface area contributed by atoms with E-state index in [1.165, 1.54) is 12.1 Å². The third-order valence-electron chi connectivity index (χ3n) is 4.15. The van der Waals surface area contributed by atoms with Gasteiger partial charge in [0.1, 0.15) is 0 Å². The van der Waals surface area contributed by atoms with E-state index in [0.717, 1.165) is 11.1 Å². The van der Waals surface area contributed by atoms with E-state index < -0.39 is 22.0 Å². The van der Waals surface area contributed by atoms with Crippen LogP contribution in [0.1, 0.15) is 27.4 Å². The fourth-order valence-electron chi connectivity index (χ4n) is 2.89. The Labute approximate surface area is 146 Å². The molecule has 0 heterocycles. The second-order valence-corrected chi connectivity index (χ2v) is 7.92. The lowest BCUT2D eigenvalue weighted by molar-refractivity contribution is 0.0963. The van der Waals surface area contributed by atoms with Crippen LogP contribution < -0.4 is 4.72 Å². The molecule has 6 heteroatoms. The molecule has 1 aliphatic carbocycles. The maximum absolute atomic E-state index is 12.6. The van der Waals surface area contributed by atoms with Crippen LogP contribution in [0.3, 0.4) is 0 Å². The van der Waals surface area contributed by atoms with Crippen LogP contribution in [0.25, 0.3) is 0 Å². The number of benzene rings is 2. The van der Waals surface area contributed by atoms with Gasteiger partial charge in [0, 0.05) is 16.5 Å². The molecule has 3 rings (SSSR count). The van der Waals surface area contributed by atoms with Crippen molar-refractivity contribution in [2.45, 2.75) is 23.8 Å². The van der Waals surface area contributed by atoms with Crippen molar-refractivity contribution in [1.82, 2.24) is 4.72 Å². The third kappa shape index (κ3) is 2.90. The van der Waals surface area contributed by atoms with Crippen molar-refractivity contribution in [2.24, 2.45) is 0 Å². The quantitative estimate of drug-likeness (QED) is 0.848. The highest BCUT2D eigenvalue weighted by molar-refractivity contribution is 7.89. The Morgan fingerprint density at radius 2 is 1.83 bits per heavy atom. The van der Waals surface area contributed by atoms with Crippen LogP contribution in [0.5, 0.6) is 0 Å². The number of aryl methyl sites for hydroxylation is 1. The summed E-state index contributed by atoms with van der Waals surface area (Å²) in [6, 6.07) is 10.5. The summed E-state index contributed by atoms with van der Waals surface area (Å²) in [7, 11) is -3.82. The molecule has 0 bridgehead atoms. The summed E-state index contributed by atoms with van der Waals surface area (Å²) in [6.07, 6.45) is 1.58. The maximum Gasteiger partial charge on any atom is 0.241 e. The first-order chi connectivity index (χ1) is 11.3. The van der Waals surface area contributed by atoms with Crippen molar-refractivity contribution in [3.63, 3.8) is 0 Å². The van der Waals surface area contributed by atoms with Crippen molar-refractivity contribution in [1.29, 1.82) is 0 Å². The Morgan fingerprint density at radius 1 is 1.17 bits per heavy atom. The van der Waals surface area contributed by atoms with Crippen LogP contribution >= 0.6 is 11.6 Å². The topological polar surface area (TPSA) is 63.2 Å². The van der Waals surface area contributed by atoms with Crippen molar-refractivity contribution in [2.75, 3.05) is 0 Å². The highest BCUT2D eigenvalue weighted by atomic mass is 35.5. The molecule has 0 fully saturated rings. The summed E-state index contributed by atoms with van der Waals surface area (Å²) >= 11 is 5.95. The van der Waals surface area contributed by atoms with Crippen LogP contribution in [0.2, 0.25) is 5.02 Å². The summed E-state index contributed by atoms with van der Waals surface area (Å²) in [5.41, 5.74) is 2.12. The summed E-state index contributed by atoms with van der Waals surface area (Å²) in [6.45, 7) is 5.62. The lowest BCUT2D eigenvalue weighted by atomic mass is 9.99. The van der Waals surface area contributed by atoms with Crippen LogP contribution in [-0.2, 0) is 10.0 Å². The molecule has 0 saturated carbocycles. The van der Waals surface area contributed by atoms with E-state index in [-0.39, 0.29) is 10.7 Å². The summed E-state index contributed by atoms with van der Waals surface area (Å²) in [4.78, 5) is 12.8. The molecule has 4 nitrogen and oxygen atoms in total. The van der Waals surface area contributed by atoms with E-state index in [4.69, 9.17) is 11.6 Å². The van der Waals surface area contributed by atoms with Gasteiger partial charge in [-0.05, 0) is 36.8 Å². The first-order valence-electron chi connectivity index (χ1n) is 7.39. The van der Waals surface area contributed by atoms with Gasteiger partial charge >= 0.3 is 0 Å². The second kappa shape index (κ2) is 6.16. The van der Waals surface area contributed by atoms with E-state index in [2.05, 4.69) is 11.3 Å². The molecule has 124 valence electrons. The minimum Gasteiger partial charge on any atom is -0.292 e. The zero-order valence-electron chi connectivity index (χ0n) is 13.0. The van der Waals surface area contributed by atoms with E-state index in [0.29, 0.717) is 10.6 Å².